The van der Waals surface area contributed by atoms with Crippen LogP contribution in [0.1, 0.15) is 25.8 Å². The minimum absolute atomic E-state index is 0.0435. The standard InChI is InChI=1S/C19H17N3O3/c1-19(2)17(24)12-8-14(23)16-15(13(12)9-20-19)21-18(22-16)10-4-6-11(25-3)7-5-10/h4-7,9,12H,8H2,1-3H3. The summed E-state index contributed by atoms with van der Waals surface area (Å²) in [5, 5.41) is 0. The van der Waals surface area contributed by atoms with Crippen molar-refractivity contribution in [3.8, 4) is 5.75 Å². The number of Topliss-reactive ketones (excluding diaryl/α,β-unsaturated/α-hetero) is 2. The van der Waals surface area contributed by atoms with Gasteiger partial charge in [0.05, 0.1) is 13.0 Å². The Balaban J connectivity index is 1.82. The largest absolute Gasteiger partial charge is 0.497 e. The summed E-state index contributed by atoms with van der Waals surface area (Å²) in [6.07, 6.45) is 1.82. The van der Waals surface area contributed by atoms with Gasteiger partial charge in [-0.3, -0.25) is 14.6 Å². The maximum atomic E-state index is 12.6. The monoisotopic (exact) mass is 335 g/mol. The lowest BCUT2D eigenvalue weighted by molar-refractivity contribution is -0.128. The van der Waals surface area contributed by atoms with Gasteiger partial charge in [0.2, 0.25) is 0 Å². The summed E-state index contributed by atoms with van der Waals surface area (Å²) in [5.41, 5.74) is 1.51. The third kappa shape index (κ3) is 2.36. The summed E-state index contributed by atoms with van der Waals surface area (Å²) >= 11 is 0. The number of carbonyl (C=O) groups is 2. The molecule has 0 saturated carbocycles. The van der Waals surface area contributed by atoms with Crippen LogP contribution in [0.2, 0.25) is 0 Å². The molecule has 0 saturated heterocycles. The molecule has 1 aromatic carbocycles. The highest BCUT2D eigenvalue weighted by Gasteiger charge is 2.45. The van der Waals surface area contributed by atoms with Gasteiger partial charge in [-0.15, -0.1) is 0 Å². The van der Waals surface area contributed by atoms with E-state index in [-0.39, 0.29) is 18.0 Å². The van der Waals surface area contributed by atoms with Gasteiger partial charge in [-0.2, -0.15) is 0 Å². The van der Waals surface area contributed by atoms with Crippen LogP contribution in [0.5, 0.6) is 5.75 Å². The van der Waals surface area contributed by atoms with Crippen molar-refractivity contribution in [3.05, 3.63) is 41.1 Å². The van der Waals surface area contributed by atoms with E-state index < -0.39 is 11.5 Å². The Labute approximate surface area is 145 Å². The first-order chi connectivity index (χ1) is 11.9. The number of ketones is 2. The van der Waals surface area contributed by atoms with E-state index in [4.69, 9.17) is 4.74 Å². The van der Waals surface area contributed by atoms with E-state index in [9.17, 15) is 9.59 Å². The number of nitrogens with zero attached hydrogens (tertiary/aromatic N) is 3. The lowest BCUT2D eigenvalue weighted by Gasteiger charge is -2.32. The molecule has 126 valence electrons. The van der Waals surface area contributed by atoms with Gasteiger partial charge in [-0.05, 0) is 38.1 Å². The molecule has 1 aromatic rings. The smallest absolute Gasteiger partial charge is 0.184 e. The van der Waals surface area contributed by atoms with Crippen molar-refractivity contribution in [1.82, 2.24) is 0 Å². The molecule has 0 N–H and O–H groups in total. The van der Waals surface area contributed by atoms with Crippen molar-refractivity contribution < 1.29 is 14.3 Å². The zero-order valence-electron chi connectivity index (χ0n) is 14.2. The summed E-state index contributed by atoms with van der Waals surface area (Å²) in [7, 11) is 1.60. The molecule has 2 heterocycles. The molecule has 25 heavy (non-hydrogen) atoms. The second-order valence-electron chi connectivity index (χ2n) is 6.79. The van der Waals surface area contributed by atoms with Gasteiger partial charge in [0.25, 0.3) is 0 Å². The van der Waals surface area contributed by atoms with E-state index in [0.29, 0.717) is 22.8 Å². The summed E-state index contributed by atoms with van der Waals surface area (Å²) in [6.45, 7) is 3.53. The molecular weight excluding hydrogens is 318 g/mol. The highest BCUT2D eigenvalue weighted by atomic mass is 16.5. The Morgan fingerprint density at radius 3 is 2.52 bits per heavy atom. The molecule has 3 aliphatic rings. The van der Waals surface area contributed by atoms with Crippen LogP contribution in [0.4, 0.5) is 0 Å². The van der Waals surface area contributed by atoms with Gasteiger partial charge in [0.1, 0.15) is 22.7 Å². The van der Waals surface area contributed by atoms with Crippen LogP contribution in [0.25, 0.3) is 0 Å². The zero-order valence-corrected chi connectivity index (χ0v) is 14.2. The summed E-state index contributed by atoms with van der Waals surface area (Å²) < 4.78 is 5.15. The second-order valence-corrected chi connectivity index (χ2v) is 6.79. The van der Waals surface area contributed by atoms with Gasteiger partial charge in [-0.25, -0.2) is 9.98 Å². The first kappa shape index (κ1) is 15.6. The number of allylic oxidation sites excluding steroid dienone is 2. The van der Waals surface area contributed by atoms with Crippen LogP contribution < -0.4 is 4.74 Å². The number of carbonyl (C=O) groups excluding carboxylic acids is 2. The van der Waals surface area contributed by atoms with Gasteiger partial charge in [0, 0.05) is 23.8 Å². The normalized spacial score (nSPS) is 23.9. The molecule has 4 rings (SSSR count). The number of aliphatic imine (C=N–C) groups is 3. The average molecular weight is 335 g/mol. The van der Waals surface area contributed by atoms with Crippen molar-refractivity contribution >= 4 is 29.3 Å². The maximum Gasteiger partial charge on any atom is 0.184 e. The number of rotatable bonds is 2. The van der Waals surface area contributed by atoms with E-state index in [1.165, 1.54) is 0 Å². The molecule has 0 bridgehead atoms. The van der Waals surface area contributed by atoms with Crippen LogP contribution in [0.3, 0.4) is 0 Å². The van der Waals surface area contributed by atoms with E-state index in [0.717, 1.165) is 11.3 Å². The fourth-order valence-electron chi connectivity index (χ4n) is 3.27. The molecular formula is C19H17N3O3. The first-order valence-electron chi connectivity index (χ1n) is 8.10. The molecule has 0 fully saturated rings. The third-order valence-electron chi connectivity index (χ3n) is 4.76. The number of hydrogen-bond donors (Lipinski definition) is 0. The number of methoxy groups -OCH3 is 1. The Hall–Kier alpha value is -2.89. The lowest BCUT2D eigenvalue weighted by atomic mass is 9.74. The zero-order chi connectivity index (χ0) is 17.8. The molecule has 0 aromatic heterocycles. The van der Waals surface area contributed by atoms with Crippen LogP contribution in [-0.2, 0) is 9.59 Å². The lowest BCUT2D eigenvalue weighted by Crippen LogP contribution is -2.44. The number of ether oxygens (including phenoxy) is 1. The van der Waals surface area contributed by atoms with Gasteiger partial charge in [0.15, 0.2) is 17.4 Å². The molecule has 6 nitrogen and oxygen atoms in total. The molecule has 1 aliphatic carbocycles. The van der Waals surface area contributed by atoms with Crippen molar-refractivity contribution in [3.63, 3.8) is 0 Å². The average Bonchev–Trinajstić information content (AvgIpc) is 3.05. The molecule has 0 amide bonds. The molecule has 6 heteroatoms. The number of fused-ring (bicyclic) bond motifs is 2. The molecule has 0 spiro atoms. The predicted molar refractivity (Wildman–Crippen MR) is 94.7 cm³/mol. The Bertz CT molecular complexity index is 918. The highest BCUT2D eigenvalue weighted by molar-refractivity contribution is 6.51. The summed E-state index contributed by atoms with van der Waals surface area (Å²) in [5.74, 6) is 0.541. The second kappa shape index (κ2) is 5.31. The minimum atomic E-state index is -0.801. The summed E-state index contributed by atoms with van der Waals surface area (Å²) in [6, 6.07) is 7.32. The SMILES string of the molecule is COc1ccc(C2=NC3=C4C=NC(C)(C)C(=O)C4CC(=O)C3=N2)cc1. The number of hydrogen-bond acceptors (Lipinski definition) is 6. The third-order valence-corrected chi connectivity index (χ3v) is 4.76. The van der Waals surface area contributed by atoms with Crippen LogP contribution in [-0.4, -0.2) is 42.0 Å². The Kier molecular flexibility index (Phi) is 3.32. The first-order valence-corrected chi connectivity index (χ1v) is 8.10. The maximum absolute atomic E-state index is 12.6. The van der Waals surface area contributed by atoms with Crippen molar-refractivity contribution in [2.45, 2.75) is 25.8 Å². The molecule has 0 radical (unpaired) electrons. The van der Waals surface area contributed by atoms with Crippen molar-refractivity contribution in [2.24, 2.45) is 20.9 Å². The summed E-state index contributed by atoms with van der Waals surface area (Å²) in [4.78, 5) is 38.4. The van der Waals surface area contributed by atoms with E-state index in [1.54, 1.807) is 27.2 Å². The van der Waals surface area contributed by atoms with Crippen molar-refractivity contribution in [1.29, 1.82) is 0 Å². The molecule has 2 aliphatic heterocycles. The highest BCUT2D eigenvalue weighted by Crippen LogP contribution is 2.36. The minimum Gasteiger partial charge on any atom is -0.497 e. The fourth-order valence-corrected chi connectivity index (χ4v) is 3.27. The van der Waals surface area contributed by atoms with Gasteiger partial charge >= 0.3 is 0 Å². The number of amidine groups is 1. The van der Waals surface area contributed by atoms with Crippen LogP contribution in [0.15, 0.2) is 50.5 Å². The Morgan fingerprint density at radius 1 is 1.12 bits per heavy atom. The van der Waals surface area contributed by atoms with Crippen molar-refractivity contribution in [2.75, 3.05) is 7.11 Å². The van der Waals surface area contributed by atoms with Gasteiger partial charge < -0.3 is 4.74 Å². The molecule has 1 atom stereocenters. The Morgan fingerprint density at radius 2 is 1.84 bits per heavy atom. The predicted octanol–water partition coefficient (Wildman–Crippen LogP) is 2.17. The van der Waals surface area contributed by atoms with E-state index in [2.05, 4.69) is 15.0 Å². The van der Waals surface area contributed by atoms with Crippen LogP contribution in [0, 0.1) is 5.92 Å². The van der Waals surface area contributed by atoms with Gasteiger partial charge in [-0.1, -0.05) is 0 Å². The van der Waals surface area contributed by atoms with Crippen LogP contribution >= 0.6 is 0 Å². The topological polar surface area (TPSA) is 80.5 Å². The quantitative estimate of drug-likeness (QED) is 0.831. The van der Waals surface area contributed by atoms with E-state index >= 15 is 0 Å². The van der Waals surface area contributed by atoms with E-state index in [1.807, 2.05) is 24.3 Å². The number of benzene rings is 1. The molecule has 1 unspecified atom stereocenters. The fraction of sp³-hybridized carbons (Fsp3) is 0.316.